The van der Waals surface area contributed by atoms with Crippen LogP contribution in [0.15, 0.2) is 47.0 Å². The Kier molecular flexibility index (Phi) is 6.84. The Morgan fingerprint density at radius 3 is 2.50 bits per heavy atom. The van der Waals surface area contributed by atoms with Crippen molar-refractivity contribution in [2.75, 3.05) is 20.3 Å². The van der Waals surface area contributed by atoms with E-state index in [1.165, 1.54) is 38.3 Å². The average Bonchev–Trinajstić information content (AvgIpc) is 3.50. The smallest absolute Gasteiger partial charge is 0.424 e. The van der Waals surface area contributed by atoms with Crippen molar-refractivity contribution in [3.63, 3.8) is 0 Å². The second-order valence-electron chi connectivity index (χ2n) is 10.1. The third-order valence-corrected chi connectivity index (χ3v) is 7.34. The van der Waals surface area contributed by atoms with E-state index in [4.69, 9.17) is 19.7 Å². The van der Waals surface area contributed by atoms with Gasteiger partial charge in [0.15, 0.2) is 5.52 Å². The predicted octanol–water partition coefficient (Wildman–Crippen LogP) is 3.66. The van der Waals surface area contributed by atoms with E-state index in [-0.39, 0.29) is 40.5 Å². The first kappa shape index (κ1) is 28.8. The molecule has 0 aliphatic carbocycles. The number of rotatable bonds is 7. The van der Waals surface area contributed by atoms with Gasteiger partial charge in [-0.3, -0.25) is 9.59 Å². The fourth-order valence-corrected chi connectivity index (χ4v) is 4.67. The van der Waals surface area contributed by atoms with Crippen molar-refractivity contribution < 1.29 is 46.3 Å². The first-order valence-corrected chi connectivity index (χ1v) is 12.5. The van der Waals surface area contributed by atoms with Gasteiger partial charge in [-0.1, -0.05) is 5.16 Å². The van der Waals surface area contributed by atoms with E-state index in [0.29, 0.717) is 16.7 Å². The van der Waals surface area contributed by atoms with Crippen molar-refractivity contribution >= 4 is 22.7 Å². The maximum absolute atomic E-state index is 14.6. The number of methoxy groups -OCH3 is 1. The zero-order valence-electron chi connectivity index (χ0n) is 22.4. The number of benzene rings is 2. The molecule has 4 aromatic rings. The molecule has 220 valence electrons. The average molecular weight is 589 g/mol. The second kappa shape index (κ2) is 9.98. The van der Waals surface area contributed by atoms with Crippen LogP contribution in [0, 0.1) is 12.7 Å². The third kappa shape index (κ3) is 4.57. The van der Waals surface area contributed by atoms with Crippen LogP contribution < -0.4 is 20.5 Å². The number of halogens is 4. The molecular weight excluding hydrogens is 564 g/mol. The number of nitrogens with one attached hydrogen (secondary N) is 1. The number of aliphatic hydroxyl groups is 1. The summed E-state index contributed by atoms with van der Waals surface area (Å²) in [4.78, 5) is 29.5. The number of alkyl halides is 3. The van der Waals surface area contributed by atoms with E-state index in [9.17, 15) is 32.3 Å². The summed E-state index contributed by atoms with van der Waals surface area (Å²) in [5.41, 5.74) is -0.517. The predicted molar refractivity (Wildman–Crippen MR) is 139 cm³/mol. The Balaban J connectivity index is 1.59. The highest BCUT2D eigenvalue weighted by Gasteiger charge is 2.57. The van der Waals surface area contributed by atoms with Gasteiger partial charge in [0.1, 0.15) is 40.8 Å². The molecule has 4 N–H and O–H groups in total. The second-order valence-corrected chi connectivity index (χ2v) is 10.1. The van der Waals surface area contributed by atoms with E-state index in [0.717, 1.165) is 18.2 Å². The van der Waals surface area contributed by atoms with Crippen molar-refractivity contribution in [2.24, 2.45) is 5.73 Å². The van der Waals surface area contributed by atoms with Gasteiger partial charge in [0.2, 0.25) is 11.5 Å². The summed E-state index contributed by atoms with van der Waals surface area (Å²) in [6.45, 7) is 1.30. The van der Waals surface area contributed by atoms with Gasteiger partial charge in [0, 0.05) is 22.1 Å². The molecule has 1 aliphatic rings. The van der Waals surface area contributed by atoms with Gasteiger partial charge in [0.05, 0.1) is 19.3 Å². The summed E-state index contributed by atoms with van der Waals surface area (Å²) in [7, 11) is 1.32. The quantitative estimate of drug-likeness (QED) is 0.277. The molecule has 0 bridgehead atoms. The summed E-state index contributed by atoms with van der Waals surface area (Å²) in [5.74, 6) is -2.01. The normalized spacial score (nSPS) is 17.8. The molecule has 10 nitrogen and oxygen atoms in total. The SMILES string of the molecule is COc1cc(C(=O)NCC(O)(c2cc3c(c(-c4ccc(F)cc4)n2)OC[C@]3(C)C(N)=O)C(F)(F)F)cc2c(C)onc12. The van der Waals surface area contributed by atoms with Crippen LogP contribution in [0.4, 0.5) is 17.6 Å². The fraction of sp³-hybridized carbons (Fsp3) is 0.286. The zero-order valence-corrected chi connectivity index (χ0v) is 22.4. The number of ether oxygens (including phenoxy) is 2. The van der Waals surface area contributed by atoms with Crippen LogP contribution >= 0.6 is 0 Å². The van der Waals surface area contributed by atoms with E-state index >= 15 is 0 Å². The molecule has 2 atom stereocenters. The lowest BCUT2D eigenvalue weighted by molar-refractivity contribution is -0.265. The van der Waals surface area contributed by atoms with Gasteiger partial charge in [-0.05, 0) is 56.3 Å². The topological polar surface area (TPSA) is 150 Å². The molecule has 1 aliphatic heterocycles. The molecule has 0 spiro atoms. The molecule has 1 unspecified atom stereocenters. The number of carbonyl (C=O) groups excluding carboxylic acids is 2. The lowest BCUT2D eigenvalue weighted by Crippen LogP contribution is -2.51. The number of aromatic nitrogens is 2. The Morgan fingerprint density at radius 1 is 1.19 bits per heavy atom. The molecule has 0 fully saturated rings. The van der Waals surface area contributed by atoms with E-state index in [2.05, 4.69) is 15.5 Å². The Bertz CT molecular complexity index is 1720. The van der Waals surface area contributed by atoms with Gasteiger partial charge in [-0.25, -0.2) is 9.37 Å². The van der Waals surface area contributed by atoms with Crippen LogP contribution in [0.25, 0.3) is 22.2 Å². The van der Waals surface area contributed by atoms with Crippen molar-refractivity contribution in [3.05, 3.63) is 70.9 Å². The summed E-state index contributed by atoms with van der Waals surface area (Å²) in [5, 5.41) is 17.6. The highest BCUT2D eigenvalue weighted by Crippen LogP contribution is 2.47. The third-order valence-electron chi connectivity index (χ3n) is 7.34. The van der Waals surface area contributed by atoms with Crippen LogP contribution in [0.5, 0.6) is 11.5 Å². The summed E-state index contributed by atoms with van der Waals surface area (Å²) >= 11 is 0. The number of fused-ring (bicyclic) bond motifs is 2. The van der Waals surface area contributed by atoms with Crippen LogP contribution in [0.3, 0.4) is 0 Å². The molecule has 3 heterocycles. The molecule has 0 radical (unpaired) electrons. The van der Waals surface area contributed by atoms with Crippen molar-refractivity contribution in [2.45, 2.75) is 31.0 Å². The van der Waals surface area contributed by atoms with E-state index in [1.54, 1.807) is 6.92 Å². The highest BCUT2D eigenvalue weighted by atomic mass is 19.4. The minimum absolute atomic E-state index is 0.0373. The minimum atomic E-state index is -5.36. The van der Waals surface area contributed by atoms with E-state index in [1.807, 2.05) is 0 Å². The lowest BCUT2D eigenvalue weighted by atomic mass is 9.81. The van der Waals surface area contributed by atoms with Gasteiger partial charge >= 0.3 is 6.18 Å². The van der Waals surface area contributed by atoms with Crippen molar-refractivity contribution in [1.82, 2.24) is 15.5 Å². The van der Waals surface area contributed by atoms with Crippen LogP contribution in [-0.2, 0) is 15.8 Å². The maximum atomic E-state index is 14.6. The molecule has 0 saturated carbocycles. The Morgan fingerprint density at radius 2 is 1.88 bits per heavy atom. The molecular formula is C28H24F4N4O6. The first-order valence-electron chi connectivity index (χ1n) is 12.5. The maximum Gasteiger partial charge on any atom is 0.424 e. The number of hydrogen-bond donors (Lipinski definition) is 3. The van der Waals surface area contributed by atoms with Gasteiger partial charge < -0.3 is 30.2 Å². The minimum Gasteiger partial charge on any atom is -0.494 e. The Labute approximate surface area is 235 Å². The molecule has 2 amide bonds. The monoisotopic (exact) mass is 588 g/mol. The van der Waals surface area contributed by atoms with Crippen LogP contribution in [0.2, 0.25) is 0 Å². The van der Waals surface area contributed by atoms with Gasteiger partial charge in [-0.15, -0.1) is 0 Å². The Hall–Kier alpha value is -4.72. The first-order chi connectivity index (χ1) is 19.7. The number of pyridine rings is 1. The van der Waals surface area contributed by atoms with Crippen LogP contribution in [-0.4, -0.2) is 53.5 Å². The number of nitrogens with two attached hydrogens (primary N) is 1. The molecule has 2 aromatic heterocycles. The lowest BCUT2D eigenvalue weighted by Gasteiger charge is -2.31. The zero-order chi connectivity index (χ0) is 30.6. The molecule has 0 saturated heterocycles. The van der Waals surface area contributed by atoms with Gasteiger partial charge in [0.25, 0.3) is 5.91 Å². The van der Waals surface area contributed by atoms with E-state index < -0.39 is 47.1 Å². The summed E-state index contributed by atoms with van der Waals surface area (Å²) in [6.07, 6.45) is -5.36. The number of amides is 2. The molecule has 5 rings (SSSR count). The summed E-state index contributed by atoms with van der Waals surface area (Å²) < 4.78 is 73.5. The number of aryl methyl sites for hydroxylation is 1. The molecule has 2 aromatic carbocycles. The summed E-state index contributed by atoms with van der Waals surface area (Å²) in [6, 6.07) is 8.16. The number of carbonyl (C=O) groups is 2. The molecule has 42 heavy (non-hydrogen) atoms. The van der Waals surface area contributed by atoms with Crippen molar-refractivity contribution in [1.29, 1.82) is 0 Å². The number of nitrogens with zero attached hydrogens (tertiary/aromatic N) is 2. The number of primary amides is 1. The van der Waals surface area contributed by atoms with Gasteiger partial charge in [-0.2, -0.15) is 13.2 Å². The largest absolute Gasteiger partial charge is 0.494 e. The number of hydrogen-bond acceptors (Lipinski definition) is 8. The van der Waals surface area contributed by atoms with Crippen LogP contribution in [0.1, 0.15) is 34.3 Å². The molecule has 14 heteroatoms. The van der Waals surface area contributed by atoms with Crippen molar-refractivity contribution in [3.8, 4) is 22.8 Å². The fourth-order valence-electron chi connectivity index (χ4n) is 4.67. The standard InChI is InChI=1S/C28H24F4N4O6/c1-13-17-8-15(9-19(40-3)22(17)36-42-13)24(37)34-11-27(39,28(30,31)32)20-10-18-23(41-12-26(18,2)25(33)38)21(35-20)14-4-6-16(29)7-5-14/h4-10,39H,11-12H2,1-3H3,(H2,33,38)(H,34,37)/t26-,27?/m0/s1. The highest BCUT2D eigenvalue weighted by molar-refractivity contribution is 6.00.